The Morgan fingerprint density at radius 3 is 2.42 bits per heavy atom. The van der Waals surface area contributed by atoms with E-state index in [9.17, 15) is 30.0 Å². The van der Waals surface area contributed by atoms with Crippen molar-refractivity contribution in [3.63, 3.8) is 0 Å². The number of aliphatic hydroxyl groups is 4. The summed E-state index contributed by atoms with van der Waals surface area (Å²) in [5.74, 6) is 0.00903. The maximum Gasteiger partial charge on any atom is 0.306 e. The fraction of sp³-hybridized carbons (Fsp3) is 0.931. The van der Waals surface area contributed by atoms with Crippen LogP contribution >= 0.6 is 0 Å². The van der Waals surface area contributed by atoms with E-state index in [0.29, 0.717) is 51.6 Å². The molecule has 0 unspecified atom stereocenters. The Labute approximate surface area is 224 Å². The molecule has 214 valence electrons. The number of ether oxygens (including phenoxy) is 3. The summed E-state index contributed by atoms with van der Waals surface area (Å²) in [6.07, 6.45) is 3.61. The molecule has 2 aliphatic heterocycles. The van der Waals surface area contributed by atoms with Gasteiger partial charge in [-0.25, -0.2) is 0 Å². The Morgan fingerprint density at radius 2 is 1.74 bits per heavy atom. The first kappa shape index (κ1) is 27.1. The molecule has 9 heteroatoms. The zero-order chi connectivity index (χ0) is 27.1. The van der Waals surface area contributed by atoms with Gasteiger partial charge < -0.3 is 39.4 Å². The third-order valence-electron chi connectivity index (χ3n) is 12.2. The lowest BCUT2D eigenvalue weighted by Gasteiger charge is -2.65. The number of hydrogen-bond donors (Lipinski definition) is 4. The highest BCUT2D eigenvalue weighted by Crippen LogP contribution is 2.70. The van der Waals surface area contributed by atoms with E-state index in [-0.39, 0.29) is 47.6 Å². The molecule has 2 heterocycles. The zero-order valence-electron chi connectivity index (χ0n) is 22.6. The van der Waals surface area contributed by atoms with Crippen molar-refractivity contribution < 1.29 is 44.2 Å². The van der Waals surface area contributed by atoms with Crippen molar-refractivity contribution in [3.8, 4) is 0 Å². The average molecular weight is 537 g/mol. The highest BCUT2D eigenvalue weighted by molar-refractivity contribution is 5.71. The summed E-state index contributed by atoms with van der Waals surface area (Å²) in [6.45, 7) is 4.31. The van der Waals surface area contributed by atoms with Gasteiger partial charge in [0, 0.05) is 18.8 Å². The predicted molar refractivity (Wildman–Crippen MR) is 133 cm³/mol. The minimum absolute atomic E-state index is 0.0774. The van der Waals surface area contributed by atoms with Crippen LogP contribution in [-0.2, 0) is 23.8 Å². The van der Waals surface area contributed by atoms with Crippen LogP contribution in [0.25, 0.3) is 0 Å². The number of carbonyl (C=O) groups is 2. The molecule has 4 aliphatic carbocycles. The molecule has 0 spiro atoms. The van der Waals surface area contributed by atoms with Crippen LogP contribution in [-0.4, -0.2) is 81.2 Å². The lowest BCUT2D eigenvalue weighted by atomic mass is 9.41. The van der Waals surface area contributed by atoms with E-state index in [1.54, 1.807) is 6.92 Å². The quantitative estimate of drug-likeness (QED) is 0.240. The van der Waals surface area contributed by atoms with Crippen LogP contribution in [0.1, 0.15) is 84.5 Å². The van der Waals surface area contributed by atoms with Gasteiger partial charge in [-0.3, -0.25) is 4.79 Å². The first-order chi connectivity index (χ1) is 18.0. The van der Waals surface area contributed by atoms with Gasteiger partial charge in [0.05, 0.1) is 48.0 Å². The smallest absolute Gasteiger partial charge is 0.306 e. The van der Waals surface area contributed by atoms with Gasteiger partial charge in [0.25, 0.3) is 0 Å². The maximum atomic E-state index is 13.0. The molecule has 0 radical (unpaired) electrons. The SMILES string of the molecule is C[C@H]1O[C@@H](O[C@H]2CC[C@]3(C=O)[C@H]4CC[C@]5(C)[C@@H]([C@H]6COC(=O)C6)CC[C@]5(O)[C@@H]4CC[C@]3(O)C2)C[C@H](O)[C@@H]1O. The molecule has 38 heavy (non-hydrogen) atoms. The van der Waals surface area contributed by atoms with Gasteiger partial charge in [-0.1, -0.05) is 6.92 Å². The second-order valence-corrected chi connectivity index (χ2v) is 13.7. The molecular weight excluding hydrogens is 492 g/mol. The number of hydrogen-bond acceptors (Lipinski definition) is 9. The molecule has 6 rings (SSSR count). The van der Waals surface area contributed by atoms with E-state index in [1.807, 2.05) is 0 Å². The summed E-state index contributed by atoms with van der Waals surface area (Å²) in [7, 11) is 0. The standard InChI is InChI=1S/C29H44O9/c1-16-25(33)22(31)12-24(37-16)38-18-3-8-27(15-30)20-4-7-26(2)19(17-11-23(32)36-14-17)6-10-29(26,35)21(20)5-9-28(27,34)13-18/h15-22,24-25,31,33-35H,3-14H2,1-2H3/t16-,17-,18+,19-,20+,21-,22+,24+,25-,26-,27+,28+,29+/m1/s1. The second kappa shape index (κ2) is 9.21. The van der Waals surface area contributed by atoms with Crippen LogP contribution in [0.5, 0.6) is 0 Å². The summed E-state index contributed by atoms with van der Waals surface area (Å²) in [4.78, 5) is 24.8. The number of aldehydes is 1. The summed E-state index contributed by atoms with van der Waals surface area (Å²) < 4.78 is 17.2. The Hall–Kier alpha value is -1.10. The zero-order valence-corrected chi connectivity index (χ0v) is 22.6. The monoisotopic (exact) mass is 536 g/mol. The van der Waals surface area contributed by atoms with Crippen molar-refractivity contribution in [2.75, 3.05) is 6.61 Å². The molecule has 0 aromatic rings. The Kier molecular flexibility index (Phi) is 6.57. The van der Waals surface area contributed by atoms with Crippen molar-refractivity contribution >= 4 is 12.3 Å². The van der Waals surface area contributed by atoms with E-state index >= 15 is 0 Å². The Balaban J connectivity index is 1.21. The van der Waals surface area contributed by atoms with Crippen LogP contribution in [0.4, 0.5) is 0 Å². The number of carbonyl (C=O) groups excluding carboxylic acids is 2. The van der Waals surface area contributed by atoms with Crippen LogP contribution < -0.4 is 0 Å². The minimum Gasteiger partial charge on any atom is -0.465 e. The largest absolute Gasteiger partial charge is 0.465 e. The summed E-state index contributed by atoms with van der Waals surface area (Å²) in [5, 5.41) is 44.6. The van der Waals surface area contributed by atoms with Crippen molar-refractivity contribution in [3.05, 3.63) is 0 Å². The number of cyclic esters (lactones) is 1. The van der Waals surface area contributed by atoms with Gasteiger partial charge in [-0.15, -0.1) is 0 Å². The van der Waals surface area contributed by atoms with Crippen LogP contribution in [0, 0.1) is 34.5 Å². The summed E-state index contributed by atoms with van der Waals surface area (Å²) in [5.41, 5.74) is -3.44. The van der Waals surface area contributed by atoms with Gasteiger partial charge in [0.15, 0.2) is 6.29 Å². The average Bonchev–Trinajstić information content (AvgIpc) is 3.41. The molecule has 0 bridgehead atoms. The molecule has 13 atom stereocenters. The van der Waals surface area contributed by atoms with Crippen LogP contribution in [0.15, 0.2) is 0 Å². The first-order valence-electron chi connectivity index (χ1n) is 14.7. The second-order valence-electron chi connectivity index (χ2n) is 13.7. The van der Waals surface area contributed by atoms with E-state index in [2.05, 4.69) is 6.92 Å². The van der Waals surface area contributed by atoms with Gasteiger partial charge in [0.2, 0.25) is 0 Å². The molecule has 0 aromatic carbocycles. The third-order valence-corrected chi connectivity index (χ3v) is 12.2. The summed E-state index contributed by atoms with van der Waals surface area (Å²) in [6, 6.07) is 0. The van der Waals surface area contributed by atoms with Crippen molar-refractivity contribution in [2.24, 2.45) is 34.5 Å². The molecule has 0 aromatic heterocycles. The normalized spacial score (nSPS) is 56.5. The number of rotatable bonds is 4. The van der Waals surface area contributed by atoms with Crippen LogP contribution in [0.2, 0.25) is 0 Å². The van der Waals surface area contributed by atoms with Crippen LogP contribution in [0.3, 0.4) is 0 Å². The third kappa shape index (κ3) is 3.72. The molecule has 9 nitrogen and oxygen atoms in total. The number of esters is 1. The predicted octanol–water partition coefficient (Wildman–Crippen LogP) is 1.86. The van der Waals surface area contributed by atoms with Gasteiger partial charge in [-0.2, -0.15) is 0 Å². The summed E-state index contributed by atoms with van der Waals surface area (Å²) >= 11 is 0. The maximum absolute atomic E-state index is 13.0. The Morgan fingerprint density at radius 1 is 1.00 bits per heavy atom. The van der Waals surface area contributed by atoms with Gasteiger partial charge in [0.1, 0.15) is 12.4 Å². The van der Waals surface area contributed by atoms with E-state index < -0.39 is 41.2 Å². The topological polar surface area (TPSA) is 143 Å². The molecule has 2 saturated heterocycles. The van der Waals surface area contributed by atoms with Crippen molar-refractivity contribution in [2.45, 2.75) is 126 Å². The molecular formula is C29H44O9. The fourth-order valence-electron chi connectivity index (χ4n) is 10.2. The van der Waals surface area contributed by atoms with E-state index in [0.717, 1.165) is 25.5 Å². The highest BCUT2D eigenvalue weighted by Gasteiger charge is 2.72. The lowest BCUT2D eigenvalue weighted by molar-refractivity contribution is -0.286. The molecule has 6 fully saturated rings. The minimum atomic E-state index is -1.23. The molecule has 0 amide bonds. The highest BCUT2D eigenvalue weighted by atomic mass is 16.7. The van der Waals surface area contributed by atoms with Crippen molar-refractivity contribution in [1.82, 2.24) is 0 Å². The number of aliphatic hydroxyl groups excluding tert-OH is 2. The van der Waals surface area contributed by atoms with E-state index in [4.69, 9.17) is 14.2 Å². The van der Waals surface area contributed by atoms with Gasteiger partial charge in [-0.05, 0) is 81.5 Å². The Bertz CT molecular complexity index is 946. The number of fused-ring (bicyclic) bond motifs is 5. The fourth-order valence-corrected chi connectivity index (χ4v) is 10.2. The molecule has 6 aliphatic rings. The lowest BCUT2D eigenvalue weighted by Crippen LogP contribution is -2.69. The van der Waals surface area contributed by atoms with Gasteiger partial charge >= 0.3 is 5.97 Å². The van der Waals surface area contributed by atoms with E-state index in [1.165, 1.54) is 0 Å². The molecule has 4 N–H and O–H groups in total. The van der Waals surface area contributed by atoms with Crippen molar-refractivity contribution in [1.29, 1.82) is 0 Å². The first-order valence-corrected chi connectivity index (χ1v) is 14.7. The molecule has 4 saturated carbocycles.